The van der Waals surface area contributed by atoms with Gasteiger partial charge in [0.15, 0.2) is 0 Å². The number of fused-ring (bicyclic) bond motifs is 8. The van der Waals surface area contributed by atoms with E-state index < -0.39 is 5.60 Å². The number of aliphatic hydroxyl groups is 2. The maximum absolute atomic E-state index is 12.2. The maximum atomic E-state index is 12.2. The van der Waals surface area contributed by atoms with E-state index in [-0.39, 0.29) is 31.4 Å². The van der Waals surface area contributed by atoms with E-state index in [1.54, 1.807) is 25.1 Å². The predicted octanol–water partition coefficient (Wildman–Crippen LogP) is 5.85. The van der Waals surface area contributed by atoms with E-state index in [1.807, 2.05) is 39.0 Å². The van der Waals surface area contributed by atoms with Crippen LogP contribution in [0.25, 0.3) is 44.9 Å². The average molecular weight is 625 g/mol. The fraction of sp³-hybridized carbons (Fsp3) is 0.333. The normalized spacial score (nSPS) is 17.0. The van der Waals surface area contributed by atoms with Crippen molar-refractivity contribution in [1.29, 1.82) is 0 Å². The first kappa shape index (κ1) is 32.6. The second-order valence-corrected chi connectivity index (χ2v) is 11.7. The Morgan fingerprint density at radius 3 is 2.13 bits per heavy atom. The number of aromatic nitrogens is 4. The van der Waals surface area contributed by atoms with E-state index in [9.17, 15) is 19.8 Å². The molecule has 3 aromatic heterocycles. The lowest BCUT2D eigenvalue weighted by atomic mass is 9.92. The van der Waals surface area contributed by atoms with Crippen LogP contribution in [-0.4, -0.2) is 62.9 Å². The summed E-state index contributed by atoms with van der Waals surface area (Å²) in [7, 11) is 2.74. The second-order valence-electron chi connectivity index (χ2n) is 11.7. The molecule has 10 heteroatoms. The number of aromatic amines is 2. The van der Waals surface area contributed by atoms with Gasteiger partial charge in [0.2, 0.25) is 0 Å². The number of rotatable bonds is 8. The zero-order valence-electron chi connectivity index (χ0n) is 27.1. The second kappa shape index (κ2) is 12.9. The van der Waals surface area contributed by atoms with Crippen molar-refractivity contribution in [3.05, 3.63) is 81.9 Å². The smallest absolute Gasteiger partial charge is 0.305 e. The molecule has 0 aromatic carbocycles. The number of aliphatic hydroxyl groups excluding tert-OH is 1. The number of aryl methyl sites for hydroxylation is 3. The Hall–Kier alpha value is -4.80. The number of carbonyl (C=O) groups is 2. The van der Waals surface area contributed by atoms with Crippen LogP contribution in [-0.2, 0) is 31.1 Å². The third-order valence-electron chi connectivity index (χ3n) is 8.98. The van der Waals surface area contributed by atoms with Crippen molar-refractivity contribution < 1.29 is 29.3 Å². The molecule has 3 aromatic rings. The largest absolute Gasteiger partial charge is 0.469 e. The summed E-state index contributed by atoms with van der Waals surface area (Å²) in [5.41, 5.74) is 9.80. The molecule has 2 aliphatic heterocycles. The summed E-state index contributed by atoms with van der Waals surface area (Å²) in [5.74, 6) is -0.638. The summed E-state index contributed by atoms with van der Waals surface area (Å²) < 4.78 is 9.85. The summed E-state index contributed by atoms with van der Waals surface area (Å²) >= 11 is 0. The highest BCUT2D eigenvalue weighted by Crippen LogP contribution is 2.40. The highest BCUT2D eigenvalue weighted by Gasteiger charge is 2.36. The molecule has 5 heterocycles. The quantitative estimate of drug-likeness (QED) is 0.228. The number of hydrogen-bond acceptors (Lipinski definition) is 8. The third kappa shape index (κ3) is 5.93. The molecule has 4 N–H and O–H groups in total. The molecule has 1 atom stereocenters. The van der Waals surface area contributed by atoms with Gasteiger partial charge in [0, 0.05) is 46.0 Å². The van der Waals surface area contributed by atoms with Crippen LogP contribution in [0.5, 0.6) is 0 Å². The van der Waals surface area contributed by atoms with E-state index >= 15 is 0 Å². The van der Waals surface area contributed by atoms with Gasteiger partial charge in [-0.1, -0.05) is 18.7 Å². The van der Waals surface area contributed by atoms with Crippen LogP contribution in [0.15, 0.2) is 36.9 Å². The molecule has 0 aliphatic carbocycles. The molecule has 5 rings (SSSR count). The average Bonchev–Trinajstić information content (AvgIpc) is 3.67. The molecule has 0 spiro atoms. The number of esters is 2. The summed E-state index contributed by atoms with van der Waals surface area (Å²) in [6.45, 7) is 11.3. The van der Waals surface area contributed by atoms with Gasteiger partial charge in [-0.15, -0.1) is 0 Å². The van der Waals surface area contributed by atoms with Crippen LogP contribution >= 0.6 is 0 Å². The van der Waals surface area contributed by atoms with Gasteiger partial charge >= 0.3 is 11.9 Å². The maximum Gasteiger partial charge on any atom is 0.305 e. The fourth-order valence-electron chi connectivity index (χ4n) is 6.22. The van der Waals surface area contributed by atoms with Crippen molar-refractivity contribution in [2.75, 3.05) is 20.8 Å². The van der Waals surface area contributed by atoms with Crippen molar-refractivity contribution >= 4 is 56.8 Å². The molecule has 46 heavy (non-hydrogen) atoms. The Kier molecular flexibility index (Phi) is 9.14. The number of ether oxygens (including phenoxy) is 2. The Morgan fingerprint density at radius 1 is 0.870 bits per heavy atom. The Labute approximate surface area is 267 Å². The van der Waals surface area contributed by atoms with Crippen LogP contribution in [0.2, 0.25) is 0 Å². The van der Waals surface area contributed by atoms with E-state index in [1.165, 1.54) is 14.2 Å². The summed E-state index contributed by atoms with van der Waals surface area (Å²) in [6, 6.07) is 7.57. The Balaban J connectivity index is 1.92. The van der Waals surface area contributed by atoms with Gasteiger partial charge in [-0.25, -0.2) is 9.97 Å². The van der Waals surface area contributed by atoms with Crippen LogP contribution < -0.4 is 0 Å². The number of nitrogens with zero attached hydrogens (tertiary/aromatic N) is 2. The standard InChI is InChI=1S/C36H40N4O6/c1-8-22-19(2)26-15-27-20(3)23(9-11-34(42)45-6)29(37-27)17-30-24(10-12-35(43)46-7)21(4)28(38-30)16-32-25(13-14-41)36(5,44)33(40-32)18-31(22)39-26/h8,13,15-18,38-39,41,44H,1,9-12,14H2,2-7H3/b25-13-,26-15?,27-15?,28-16?,29-17?,30-17?,31-18?,32-16?,33-18?. The lowest BCUT2D eigenvalue weighted by Gasteiger charge is -2.18. The lowest BCUT2D eigenvalue weighted by Crippen LogP contribution is -2.19. The fourth-order valence-corrected chi connectivity index (χ4v) is 6.22. The first-order chi connectivity index (χ1) is 21.9. The van der Waals surface area contributed by atoms with E-state index in [0.717, 1.165) is 61.2 Å². The van der Waals surface area contributed by atoms with Gasteiger partial charge in [-0.2, -0.15) is 0 Å². The van der Waals surface area contributed by atoms with Crippen molar-refractivity contribution in [3.63, 3.8) is 0 Å². The highest BCUT2D eigenvalue weighted by molar-refractivity contribution is 5.94. The zero-order chi connectivity index (χ0) is 33.3. The summed E-state index contributed by atoms with van der Waals surface area (Å²) in [6.07, 6.45) is 4.54. The Morgan fingerprint density at radius 2 is 1.48 bits per heavy atom. The van der Waals surface area contributed by atoms with E-state index in [0.29, 0.717) is 35.5 Å². The van der Waals surface area contributed by atoms with Crippen LogP contribution in [0.1, 0.15) is 78.1 Å². The van der Waals surface area contributed by atoms with Crippen LogP contribution in [0.4, 0.5) is 0 Å². The third-order valence-corrected chi connectivity index (χ3v) is 8.98. The van der Waals surface area contributed by atoms with Crippen molar-refractivity contribution in [3.8, 4) is 0 Å². The Bertz CT molecular complexity index is 1980. The van der Waals surface area contributed by atoms with Gasteiger partial charge in [-0.05, 0) is 92.6 Å². The molecule has 0 radical (unpaired) electrons. The SMILES string of the molecule is C=Cc1c(C)c2cc3nc(cc4[nH]c(cc5nc(cc1[nH]2)C(C)(O)/C5=C\CO)c(C)c4CCC(=O)OC)C(CCC(=O)OC)=C3C. The number of allylic oxidation sites excluding steroid dienone is 2. The van der Waals surface area contributed by atoms with Crippen molar-refractivity contribution in [1.82, 2.24) is 19.9 Å². The molecule has 0 fully saturated rings. The van der Waals surface area contributed by atoms with E-state index in [2.05, 4.69) is 16.5 Å². The number of hydrogen-bond donors (Lipinski definition) is 4. The molecule has 1 unspecified atom stereocenters. The number of methoxy groups -OCH3 is 2. The minimum absolute atomic E-state index is 0.176. The van der Waals surface area contributed by atoms with Gasteiger partial charge in [0.1, 0.15) is 5.60 Å². The molecular weight excluding hydrogens is 584 g/mol. The summed E-state index contributed by atoms with van der Waals surface area (Å²) in [4.78, 5) is 41.2. The van der Waals surface area contributed by atoms with Gasteiger partial charge < -0.3 is 29.7 Å². The molecule has 0 saturated heterocycles. The van der Waals surface area contributed by atoms with Gasteiger partial charge in [-0.3, -0.25) is 9.59 Å². The van der Waals surface area contributed by atoms with E-state index in [4.69, 9.17) is 19.4 Å². The molecule has 10 nitrogen and oxygen atoms in total. The van der Waals surface area contributed by atoms with Gasteiger partial charge in [0.25, 0.3) is 0 Å². The molecule has 0 saturated carbocycles. The summed E-state index contributed by atoms with van der Waals surface area (Å²) in [5, 5.41) is 21.6. The minimum atomic E-state index is -1.49. The predicted molar refractivity (Wildman–Crippen MR) is 179 cm³/mol. The molecule has 8 bridgehead atoms. The minimum Gasteiger partial charge on any atom is -0.469 e. The molecule has 240 valence electrons. The number of nitrogens with one attached hydrogen (secondary N) is 2. The lowest BCUT2D eigenvalue weighted by molar-refractivity contribution is -0.141. The first-order valence-corrected chi connectivity index (χ1v) is 15.2. The molecule has 0 amide bonds. The highest BCUT2D eigenvalue weighted by atomic mass is 16.5. The monoisotopic (exact) mass is 624 g/mol. The first-order valence-electron chi connectivity index (χ1n) is 15.2. The number of H-pyrrole nitrogens is 2. The van der Waals surface area contributed by atoms with Crippen LogP contribution in [0.3, 0.4) is 0 Å². The zero-order valence-corrected chi connectivity index (χ0v) is 27.1. The van der Waals surface area contributed by atoms with Crippen molar-refractivity contribution in [2.24, 2.45) is 0 Å². The van der Waals surface area contributed by atoms with Crippen LogP contribution in [0, 0.1) is 13.8 Å². The van der Waals surface area contributed by atoms with Gasteiger partial charge in [0.05, 0.1) is 43.6 Å². The topological polar surface area (TPSA) is 150 Å². The number of carbonyl (C=O) groups excluding carboxylic acids is 2. The molecule has 2 aliphatic rings. The van der Waals surface area contributed by atoms with Crippen molar-refractivity contribution in [2.45, 2.75) is 59.0 Å². The molecular formula is C36H40N4O6.